The standard InChI is InChI=1S/C32H43N5O7/c1-3-4-17-36(2)30(41)26-16-11-18-37(26)31(42)28(39)25(19-22-12-7-5-8-13-22)34-29(40)24(33)20-27(38)35-32(43)44-21-23-14-9-6-10-15-23/h5-10,12-15,24-26,28,39H,3-4,11,16-21,33H2,1-2H3,(H,34,40)(H,35,38,43)/t24-,25?,26-,28?/m0/s1. The molecule has 1 heterocycles. The molecular weight excluding hydrogens is 566 g/mol. The molecule has 1 aliphatic rings. The zero-order valence-corrected chi connectivity index (χ0v) is 25.3. The van der Waals surface area contributed by atoms with Crippen molar-refractivity contribution in [3.8, 4) is 0 Å². The summed E-state index contributed by atoms with van der Waals surface area (Å²) in [7, 11) is 1.70. The Morgan fingerprint density at radius 1 is 1.05 bits per heavy atom. The third-order valence-electron chi connectivity index (χ3n) is 7.50. The van der Waals surface area contributed by atoms with E-state index in [2.05, 4.69) is 5.32 Å². The van der Waals surface area contributed by atoms with Crippen LogP contribution in [0.5, 0.6) is 0 Å². The van der Waals surface area contributed by atoms with Crippen molar-refractivity contribution in [1.82, 2.24) is 20.4 Å². The molecule has 44 heavy (non-hydrogen) atoms. The van der Waals surface area contributed by atoms with Crippen molar-refractivity contribution in [2.45, 2.75) is 76.3 Å². The van der Waals surface area contributed by atoms with Gasteiger partial charge in [0, 0.05) is 20.1 Å². The van der Waals surface area contributed by atoms with Gasteiger partial charge in [0.1, 0.15) is 12.6 Å². The number of nitrogens with two attached hydrogens (primary N) is 1. The summed E-state index contributed by atoms with van der Waals surface area (Å²) < 4.78 is 5.02. The molecule has 0 aromatic heterocycles. The van der Waals surface area contributed by atoms with Gasteiger partial charge in [0.2, 0.25) is 17.7 Å². The van der Waals surface area contributed by atoms with Crippen LogP contribution >= 0.6 is 0 Å². The number of ether oxygens (including phenoxy) is 1. The lowest BCUT2D eigenvalue weighted by atomic mass is 9.99. The van der Waals surface area contributed by atoms with Crippen LogP contribution in [0.2, 0.25) is 0 Å². The number of imide groups is 1. The third kappa shape index (κ3) is 10.2. The zero-order valence-electron chi connectivity index (χ0n) is 25.3. The zero-order chi connectivity index (χ0) is 32.1. The number of nitrogens with zero attached hydrogens (tertiary/aromatic N) is 2. The van der Waals surface area contributed by atoms with Gasteiger partial charge in [-0.15, -0.1) is 0 Å². The monoisotopic (exact) mass is 609 g/mol. The highest BCUT2D eigenvalue weighted by molar-refractivity contribution is 5.95. The summed E-state index contributed by atoms with van der Waals surface area (Å²) >= 11 is 0. The predicted molar refractivity (Wildman–Crippen MR) is 163 cm³/mol. The van der Waals surface area contributed by atoms with Crippen molar-refractivity contribution in [3.05, 3.63) is 71.8 Å². The second-order valence-electron chi connectivity index (χ2n) is 11.0. The summed E-state index contributed by atoms with van der Waals surface area (Å²) in [6.07, 6.45) is -0.255. The molecule has 0 saturated carbocycles. The highest BCUT2D eigenvalue weighted by Gasteiger charge is 2.40. The van der Waals surface area contributed by atoms with E-state index < -0.39 is 54.5 Å². The first-order valence-corrected chi connectivity index (χ1v) is 14.9. The second-order valence-corrected chi connectivity index (χ2v) is 11.0. The van der Waals surface area contributed by atoms with Gasteiger partial charge < -0.3 is 30.7 Å². The van der Waals surface area contributed by atoms with E-state index in [0.717, 1.165) is 24.0 Å². The lowest BCUT2D eigenvalue weighted by Crippen LogP contribution is -2.58. The van der Waals surface area contributed by atoms with Crippen molar-refractivity contribution in [2.75, 3.05) is 20.1 Å². The second kappa shape index (κ2) is 17.1. The van der Waals surface area contributed by atoms with Gasteiger partial charge in [0.05, 0.1) is 18.5 Å². The maximum absolute atomic E-state index is 13.6. The van der Waals surface area contributed by atoms with Crippen LogP contribution in [0.25, 0.3) is 0 Å². The van der Waals surface area contributed by atoms with Crippen LogP contribution in [0.1, 0.15) is 50.2 Å². The molecule has 12 heteroatoms. The Kier molecular flexibility index (Phi) is 13.3. The summed E-state index contributed by atoms with van der Waals surface area (Å²) in [6, 6.07) is 14.7. The molecule has 0 bridgehead atoms. The molecule has 2 aromatic carbocycles. The van der Waals surface area contributed by atoms with Gasteiger partial charge in [-0.2, -0.15) is 0 Å². The van der Waals surface area contributed by atoms with Crippen LogP contribution in [0, 0.1) is 0 Å². The maximum atomic E-state index is 13.6. The Bertz CT molecular complexity index is 1260. The largest absolute Gasteiger partial charge is 0.444 e. The molecule has 3 rings (SSSR count). The molecule has 0 spiro atoms. The van der Waals surface area contributed by atoms with Crippen molar-refractivity contribution < 1.29 is 33.8 Å². The van der Waals surface area contributed by atoms with Crippen LogP contribution in [-0.4, -0.2) is 89.0 Å². The normalized spacial score (nSPS) is 16.4. The van der Waals surface area contributed by atoms with E-state index in [1.54, 1.807) is 60.5 Å². The number of alkyl carbamates (subject to hydrolysis) is 1. The average Bonchev–Trinajstić information content (AvgIpc) is 3.52. The molecule has 4 atom stereocenters. The quantitative estimate of drug-likeness (QED) is 0.250. The molecule has 0 radical (unpaired) electrons. The molecule has 12 nitrogen and oxygen atoms in total. The van der Waals surface area contributed by atoms with E-state index in [9.17, 15) is 29.1 Å². The fraction of sp³-hybridized carbons (Fsp3) is 0.469. The van der Waals surface area contributed by atoms with Crippen LogP contribution in [-0.2, 0) is 36.9 Å². The molecule has 238 valence electrons. The Hall–Kier alpha value is -4.29. The topological polar surface area (TPSA) is 171 Å². The fourth-order valence-corrected chi connectivity index (χ4v) is 5.00. The van der Waals surface area contributed by atoms with E-state index in [1.165, 1.54) is 4.90 Å². The number of hydrogen-bond acceptors (Lipinski definition) is 8. The summed E-state index contributed by atoms with van der Waals surface area (Å²) in [4.78, 5) is 67.1. The number of nitrogens with one attached hydrogen (secondary N) is 2. The maximum Gasteiger partial charge on any atom is 0.414 e. The smallest absolute Gasteiger partial charge is 0.414 e. The van der Waals surface area contributed by atoms with Gasteiger partial charge in [-0.1, -0.05) is 74.0 Å². The molecule has 1 aliphatic heterocycles. The van der Waals surface area contributed by atoms with Crippen LogP contribution in [0.4, 0.5) is 4.79 Å². The van der Waals surface area contributed by atoms with E-state index in [0.29, 0.717) is 25.9 Å². The molecule has 5 amide bonds. The number of aliphatic hydroxyl groups is 1. The highest BCUT2D eigenvalue weighted by Crippen LogP contribution is 2.22. The summed E-state index contributed by atoms with van der Waals surface area (Å²) in [5.41, 5.74) is 7.46. The Morgan fingerprint density at radius 2 is 1.68 bits per heavy atom. The number of carbonyl (C=O) groups excluding carboxylic acids is 5. The van der Waals surface area contributed by atoms with Crippen molar-refractivity contribution in [3.63, 3.8) is 0 Å². The molecular formula is C32H43N5O7. The van der Waals surface area contributed by atoms with E-state index >= 15 is 0 Å². The molecule has 1 fully saturated rings. The number of carbonyl (C=O) groups is 5. The minimum absolute atomic E-state index is 0.0436. The van der Waals surface area contributed by atoms with Crippen LogP contribution in [0.15, 0.2) is 60.7 Å². The Labute approximate surface area is 257 Å². The number of aliphatic hydroxyl groups excluding tert-OH is 1. The number of likely N-dealkylation sites (N-methyl/N-ethyl adjacent to an activating group) is 1. The first kappa shape index (κ1) is 34.2. The number of benzene rings is 2. The molecule has 5 N–H and O–H groups in total. The minimum Gasteiger partial charge on any atom is -0.444 e. The number of unbranched alkanes of at least 4 members (excludes halogenated alkanes) is 1. The van der Waals surface area contributed by atoms with Gasteiger partial charge in [0.15, 0.2) is 6.10 Å². The molecule has 1 saturated heterocycles. The number of amides is 5. The van der Waals surface area contributed by atoms with Gasteiger partial charge in [-0.3, -0.25) is 24.5 Å². The van der Waals surface area contributed by atoms with E-state index in [-0.39, 0.29) is 18.9 Å². The Morgan fingerprint density at radius 3 is 2.32 bits per heavy atom. The first-order valence-electron chi connectivity index (χ1n) is 14.9. The summed E-state index contributed by atoms with van der Waals surface area (Å²) in [6.45, 7) is 2.86. The van der Waals surface area contributed by atoms with Gasteiger partial charge in [-0.05, 0) is 36.8 Å². The molecule has 0 aliphatic carbocycles. The van der Waals surface area contributed by atoms with Gasteiger partial charge >= 0.3 is 6.09 Å². The van der Waals surface area contributed by atoms with Crippen molar-refractivity contribution >= 4 is 29.7 Å². The average molecular weight is 610 g/mol. The van der Waals surface area contributed by atoms with E-state index in [1.807, 2.05) is 24.4 Å². The van der Waals surface area contributed by atoms with E-state index in [4.69, 9.17) is 10.5 Å². The van der Waals surface area contributed by atoms with Crippen molar-refractivity contribution in [1.29, 1.82) is 0 Å². The number of likely N-dealkylation sites (tertiary alicyclic amines) is 1. The lowest BCUT2D eigenvalue weighted by Gasteiger charge is -2.32. The Balaban J connectivity index is 1.63. The SMILES string of the molecule is CCCCN(C)C(=O)[C@@H]1CCCN1C(=O)C(O)C(Cc1ccccc1)NC(=O)[C@@H](N)CC(=O)NC(=O)OCc1ccccc1. The number of rotatable bonds is 14. The number of hydrogen-bond donors (Lipinski definition) is 4. The summed E-state index contributed by atoms with van der Waals surface area (Å²) in [5.74, 6) is -2.47. The van der Waals surface area contributed by atoms with Crippen LogP contribution < -0.4 is 16.4 Å². The highest BCUT2D eigenvalue weighted by atomic mass is 16.5. The van der Waals surface area contributed by atoms with Gasteiger partial charge in [-0.25, -0.2) is 4.79 Å². The third-order valence-corrected chi connectivity index (χ3v) is 7.50. The minimum atomic E-state index is -1.68. The molecule has 2 unspecified atom stereocenters. The predicted octanol–water partition coefficient (Wildman–Crippen LogP) is 1.49. The lowest BCUT2D eigenvalue weighted by molar-refractivity contribution is -0.149. The van der Waals surface area contributed by atoms with Crippen LogP contribution in [0.3, 0.4) is 0 Å². The first-order chi connectivity index (χ1) is 21.1. The summed E-state index contributed by atoms with van der Waals surface area (Å²) in [5, 5.41) is 15.9. The van der Waals surface area contributed by atoms with Crippen molar-refractivity contribution in [2.24, 2.45) is 5.73 Å². The molecule has 2 aromatic rings. The van der Waals surface area contributed by atoms with Gasteiger partial charge in [0.25, 0.3) is 5.91 Å². The fourth-order valence-electron chi connectivity index (χ4n) is 5.00.